The number of carboxylic acid groups (broad SMARTS) is 1. The number of carboxylic acids is 1. The summed E-state index contributed by atoms with van der Waals surface area (Å²) in [6.45, 7) is 4.00. The molecule has 0 aromatic heterocycles. The van der Waals surface area contributed by atoms with Crippen molar-refractivity contribution < 1.29 is 9.90 Å². The molecule has 0 aromatic rings. The molecule has 1 saturated heterocycles. The minimum absolute atomic E-state index is 0.257. The Bertz CT molecular complexity index is 184. The average Bonchev–Trinajstić information content (AvgIpc) is 2.47. The second-order valence-electron chi connectivity index (χ2n) is 3.83. The second kappa shape index (κ2) is 4.58. The van der Waals surface area contributed by atoms with Crippen LogP contribution in [0.4, 0.5) is 0 Å². The first-order valence-electron chi connectivity index (χ1n) is 4.81. The van der Waals surface area contributed by atoms with Crippen molar-refractivity contribution >= 4 is 5.97 Å². The van der Waals surface area contributed by atoms with Crippen molar-refractivity contribution in [2.45, 2.75) is 38.3 Å². The minimum Gasteiger partial charge on any atom is -0.481 e. The Morgan fingerprint density at radius 2 is 2.46 bits per heavy atom. The van der Waals surface area contributed by atoms with Gasteiger partial charge in [-0.15, -0.1) is 0 Å². The van der Waals surface area contributed by atoms with Crippen LogP contribution >= 0.6 is 0 Å². The average molecular weight is 186 g/mol. The highest BCUT2D eigenvalue weighted by Crippen LogP contribution is 2.14. The number of hydrogen-bond donors (Lipinski definition) is 2. The largest absolute Gasteiger partial charge is 0.481 e. The third kappa shape index (κ3) is 3.32. The van der Waals surface area contributed by atoms with Gasteiger partial charge in [-0.2, -0.15) is 0 Å². The van der Waals surface area contributed by atoms with Crippen LogP contribution in [-0.4, -0.2) is 41.1 Å². The molecular weight excluding hydrogens is 168 g/mol. The number of rotatable bonds is 4. The highest BCUT2D eigenvalue weighted by atomic mass is 16.4. The molecule has 3 N–H and O–H groups in total. The first-order chi connectivity index (χ1) is 6.09. The van der Waals surface area contributed by atoms with Crippen molar-refractivity contribution in [2.75, 3.05) is 13.1 Å². The van der Waals surface area contributed by atoms with E-state index in [0.717, 1.165) is 25.9 Å². The molecule has 0 bridgehead atoms. The second-order valence-corrected chi connectivity index (χ2v) is 3.83. The van der Waals surface area contributed by atoms with Crippen molar-refractivity contribution in [3.63, 3.8) is 0 Å². The molecule has 0 spiro atoms. The zero-order chi connectivity index (χ0) is 9.84. The van der Waals surface area contributed by atoms with Gasteiger partial charge in [0.1, 0.15) is 0 Å². The third-order valence-corrected chi connectivity index (χ3v) is 2.66. The quantitative estimate of drug-likeness (QED) is 0.661. The van der Waals surface area contributed by atoms with Crippen molar-refractivity contribution in [1.29, 1.82) is 0 Å². The van der Waals surface area contributed by atoms with Gasteiger partial charge in [-0.25, -0.2) is 0 Å². The normalized spacial score (nSPS) is 26.2. The fraction of sp³-hybridized carbons (Fsp3) is 0.889. The molecule has 0 amide bonds. The first-order valence-corrected chi connectivity index (χ1v) is 4.81. The van der Waals surface area contributed by atoms with E-state index in [-0.39, 0.29) is 12.5 Å². The summed E-state index contributed by atoms with van der Waals surface area (Å²) in [6, 6.07) is 0.636. The summed E-state index contributed by atoms with van der Waals surface area (Å²) in [5.41, 5.74) is 5.76. The molecule has 4 heteroatoms. The van der Waals surface area contributed by atoms with Gasteiger partial charge in [0.15, 0.2) is 0 Å². The predicted octanol–water partition coefficient (Wildman–Crippen LogP) is 0.273. The number of nitrogens with two attached hydrogens (primary N) is 1. The van der Waals surface area contributed by atoms with Crippen LogP contribution in [-0.2, 0) is 4.79 Å². The Kier molecular flexibility index (Phi) is 3.69. The predicted molar refractivity (Wildman–Crippen MR) is 50.5 cm³/mol. The Morgan fingerprint density at radius 3 is 2.92 bits per heavy atom. The van der Waals surface area contributed by atoms with E-state index in [2.05, 4.69) is 11.8 Å². The van der Waals surface area contributed by atoms with Crippen LogP contribution in [0.2, 0.25) is 0 Å². The molecule has 1 fully saturated rings. The van der Waals surface area contributed by atoms with Crippen LogP contribution in [0.25, 0.3) is 0 Å². The molecular formula is C9H18N2O2. The lowest BCUT2D eigenvalue weighted by molar-refractivity contribution is -0.137. The molecule has 76 valence electrons. The van der Waals surface area contributed by atoms with Gasteiger partial charge < -0.3 is 10.8 Å². The molecule has 1 aliphatic rings. The maximum Gasteiger partial charge on any atom is 0.303 e. The highest BCUT2D eigenvalue weighted by molar-refractivity contribution is 5.66. The van der Waals surface area contributed by atoms with Gasteiger partial charge in [-0.1, -0.05) is 0 Å². The summed E-state index contributed by atoms with van der Waals surface area (Å²) >= 11 is 0. The number of nitrogens with zero attached hydrogens (tertiary/aromatic N) is 1. The van der Waals surface area contributed by atoms with Crippen molar-refractivity contribution in [3.05, 3.63) is 0 Å². The monoisotopic (exact) mass is 186 g/mol. The molecule has 0 saturated carbocycles. The van der Waals surface area contributed by atoms with Crippen LogP contribution in [0.15, 0.2) is 0 Å². The lowest BCUT2D eigenvalue weighted by Gasteiger charge is -2.23. The van der Waals surface area contributed by atoms with Gasteiger partial charge in [0, 0.05) is 25.0 Å². The Balaban J connectivity index is 2.23. The van der Waals surface area contributed by atoms with E-state index in [1.807, 2.05) is 0 Å². The van der Waals surface area contributed by atoms with Gasteiger partial charge in [0.25, 0.3) is 0 Å². The Hall–Kier alpha value is -0.610. The highest BCUT2D eigenvalue weighted by Gasteiger charge is 2.23. The Labute approximate surface area is 78.7 Å². The van der Waals surface area contributed by atoms with Gasteiger partial charge in [0.2, 0.25) is 0 Å². The molecule has 1 aliphatic heterocycles. The molecule has 13 heavy (non-hydrogen) atoms. The summed E-state index contributed by atoms with van der Waals surface area (Å²) in [5.74, 6) is -0.713. The van der Waals surface area contributed by atoms with Crippen molar-refractivity contribution in [3.8, 4) is 0 Å². The molecule has 0 aromatic carbocycles. The Morgan fingerprint density at radius 1 is 1.77 bits per heavy atom. The molecule has 2 atom stereocenters. The van der Waals surface area contributed by atoms with E-state index in [0.29, 0.717) is 6.04 Å². The van der Waals surface area contributed by atoms with Crippen molar-refractivity contribution in [2.24, 2.45) is 5.73 Å². The lowest BCUT2D eigenvalue weighted by Crippen LogP contribution is -2.33. The van der Waals surface area contributed by atoms with E-state index < -0.39 is 5.97 Å². The van der Waals surface area contributed by atoms with Gasteiger partial charge in [-0.3, -0.25) is 9.69 Å². The van der Waals surface area contributed by atoms with E-state index in [1.165, 1.54) is 0 Å². The molecule has 0 radical (unpaired) electrons. The fourth-order valence-corrected chi connectivity index (χ4v) is 1.73. The first kappa shape index (κ1) is 10.5. The van der Waals surface area contributed by atoms with Gasteiger partial charge >= 0.3 is 5.97 Å². The topological polar surface area (TPSA) is 66.6 Å². The van der Waals surface area contributed by atoms with Crippen LogP contribution in [0.3, 0.4) is 0 Å². The van der Waals surface area contributed by atoms with E-state index in [4.69, 9.17) is 10.8 Å². The van der Waals surface area contributed by atoms with E-state index in [9.17, 15) is 4.79 Å². The minimum atomic E-state index is -0.713. The van der Waals surface area contributed by atoms with E-state index in [1.54, 1.807) is 0 Å². The molecule has 2 unspecified atom stereocenters. The standard InChI is InChI=1S/C9H18N2O2/c1-7(2-3-9(12)13)11-5-4-8(10)6-11/h7-8H,2-6,10H2,1H3,(H,12,13). The molecule has 1 heterocycles. The van der Waals surface area contributed by atoms with Crippen LogP contribution in [0, 0.1) is 0 Å². The summed E-state index contributed by atoms with van der Waals surface area (Å²) < 4.78 is 0. The maximum atomic E-state index is 10.3. The smallest absolute Gasteiger partial charge is 0.303 e. The van der Waals surface area contributed by atoms with Crippen molar-refractivity contribution in [1.82, 2.24) is 4.90 Å². The molecule has 4 nitrogen and oxygen atoms in total. The van der Waals surface area contributed by atoms with Crippen LogP contribution in [0.5, 0.6) is 0 Å². The van der Waals surface area contributed by atoms with Crippen LogP contribution in [0.1, 0.15) is 26.2 Å². The van der Waals surface area contributed by atoms with Gasteiger partial charge in [0.05, 0.1) is 0 Å². The number of hydrogen-bond acceptors (Lipinski definition) is 3. The summed E-state index contributed by atoms with van der Waals surface area (Å²) in [5, 5.41) is 8.51. The summed E-state index contributed by atoms with van der Waals surface area (Å²) in [7, 11) is 0. The number of carbonyl (C=O) groups is 1. The maximum absolute atomic E-state index is 10.3. The lowest BCUT2D eigenvalue weighted by atomic mass is 10.1. The summed E-state index contributed by atoms with van der Waals surface area (Å²) in [4.78, 5) is 12.6. The number of likely N-dealkylation sites (tertiary alicyclic amines) is 1. The van der Waals surface area contributed by atoms with Gasteiger partial charge in [-0.05, 0) is 26.3 Å². The SMILES string of the molecule is CC(CCC(=O)O)N1CCC(N)C1. The zero-order valence-electron chi connectivity index (χ0n) is 8.07. The third-order valence-electron chi connectivity index (χ3n) is 2.66. The number of aliphatic carboxylic acids is 1. The van der Waals surface area contributed by atoms with E-state index >= 15 is 0 Å². The molecule has 1 rings (SSSR count). The summed E-state index contributed by atoms with van der Waals surface area (Å²) in [6.07, 6.45) is 2.02. The molecule has 0 aliphatic carbocycles. The zero-order valence-corrected chi connectivity index (χ0v) is 8.07. The van der Waals surface area contributed by atoms with Crippen LogP contribution < -0.4 is 5.73 Å². The fourth-order valence-electron chi connectivity index (χ4n) is 1.73.